The Kier molecular flexibility index (Phi) is 4.98. The van der Waals surface area contributed by atoms with E-state index in [1.165, 1.54) is 27.8 Å². The molecule has 0 aliphatic rings. The number of hydrogen-bond donors (Lipinski definition) is 1. The number of halogens is 5. The summed E-state index contributed by atoms with van der Waals surface area (Å²) in [5, 5.41) is 6.55. The zero-order valence-corrected chi connectivity index (χ0v) is 15.7. The molecular weight excluding hydrogens is 414 g/mol. The Morgan fingerprint density at radius 3 is 2.36 bits per heavy atom. The van der Waals surface area contributed by atoms with Gasteiger partial charge in [0.05, 0.1) is 21.2 Å². The fraction of sp³-hybridized carbons (Fsp3) is 0.133. The first-order valence-electron chi connectivity index (χ1n) is 6.77. The minimum atomic E-state index is -4.55. The van der Waals surface area contributed by atoms with Crippen LogP contribution in [-0.4, -0.2) is 16.0 Å². The molecule has 0 aliphatic heterocycles. The van der Waals surface area contributed by atoms with E-state index in [0.29, 0.717) is 10.6 Å². The van der Waals surface area contributed by atoms with Crippen molar-refractivity contribution in [3.05, 3.63) is 45.3 Å². The van der Waals surface area contributed by atoms with Crippen LogP contribution in [-0.2, 0) is 6.18 Å². The molecule has 25 heavy (non-hydrogen) atoms. The van der Waals surface area contributed by atoms with Crippen LogP contribution in [0, 0.1) is 0 Å². The van der Waals surface area contributed by atoms with Gasteiger partial charge in [-0.05, 0) is 29.8 Å². The van der Waals surface area contributed by atoms with Crippen molar-refractivity contribution in [2.24, 2.45) is 0 Å². The quantitative estimate of drug-likeness (QED) is 0.507. The highest BCUT2D eigenvalue weighted by Crippen LogP contribution is 2.42. The van der Waals surface area contributed by atoms with Gasteiger partial charge in [-0.2, -0.15) is 18.3 Å². The average Bonchev–Trinajstić information content (AvgIpc) is 3.14. The van der Waals surface area contributed by atoms with Gasteiger partial charge in [-0.1, -0.05) is 29.3 Å². The number of hydrogen-bond acceptors (Lipinski definition) is 4. The first-order chi connectivity index (χ1) is 11.7. The molecular formula is C15H10Cl2F3N3S2. The van der Waals surface area contributed by atoms with E-state index in [0.717, 1.165) is 17.0 Å². The standard InChI is InChI=1S/C15H10Cl2F3N3S2/c1-24-14-11(10-3-2-4-25-10)13(21)23(22-14)12-8(16)5-7(6-9(12)17)15(18,19)20/h2-6H,21H2,1H3. The predicted molar refractivity (Wildman–Crippen MR) is 98.1 cm³/mol. The van der Waals surface area contributed by atoms with E-state index >= 15 is 0 Å². The summed E-state index contributed by atoms with van der Waals surface area (Å²) >= 11 is 15.0. The van der Waals surface area contributed by atoms with Gasteiger partial charge in [0, 0.05) is 4.88 Å². The maximum absolute atomic E-state index is 12.9. The molecule has 0 atom stereocenters. The second kappa shape index (κ2) is 6.75. The van der Waals surface area contributed by atoms with Gasteiger partial charge in [0.25, 0.3) is 0 Å². The highest BCUT2D eigenvalue weighted by atomic mass is 35.5. The highest BCUT2D eigenvalue weighted by Gasteiger charge is 2.33. The lowest BCUT2D eigenvalue weighted by molar-refractivity contribution is -0.137. The summed E-state index contributed by atoms with van der Waals surface area (Å²) in [6.45, 7) is 0. The Hall–Kier alpha value is -1.35. The van der Waals surface area contributed by atoms with Crippen LogP contribution in [0.1, 0.15) is 5.56 Å². The van der Waals surface area contributed by atoms with Gasteiger partial charge >= 0.3 is 6.18 Å². The van der Waals surface area contributed by atoms with Crippen molar-refractivity contribution in [1.29, 1.82) is 0 Å². The van der Waals surface area contributed by atoms with Crippen LogP contribution in [0.2, 0.25) is 10.0 Å². The third kappa shape index (κ3) is 3.36. The second-order valence-corrected chi connectivity index (χ2v) is 7.50. The largest absolute Gasteiger partial charge is 0.416 e. The van der Waals surface area contributed by atoms with E-state index in [1.807, 2.05) is 23.8 Å². The summed E-state index contributed by atoms with van der Waals surface area (Å²) in [5.74, 6) is 0.260. The van der Waals surface area contributed by atoms with E-state index in [-0.39, 0.29) is 21.6 Å². The molecule has 0 unspecified atom stereocenters. The number of nitrogens with two attached hydrogens (primary N) is 1. The molecule has 0 radical (unpaired) electrons. The SMILES string of the molecule is CSc1nn(-c2c(Cl)cc(C(F)(F)F)cc2Cl)c(N)c1-c1cccs1. The van der Waals surface area contributed by atoms with Crippen molar-refractivity contribution in [3.8, 4) is 16.1 Å². The third-order valence-electron chi connectivity index (χ3n) is 3.41. The van der Waals surface area contributed by atoms with E-state index in [9.17, 15) is 13.2 Å². The number of thiophene rings is 1. The molecule has 2 heterocycles. The Labute approximate surface area is 159 Å². The summed E-state index contributed by atoms with van der Waals surface area (Å²) in [5.41, 5.74) is 6.11. The Morgan fingerprint density at radius 1 is 1.24 bits per heavy atom. The highest BCUT2D eigenvalue weighted by molar-refractivity contribution is 7.98. The first-order valence-corrected chi connectivity index (χ1v) is 9.63. The molecule has 0 saturated heterocycles. The summed E-state index contributed by atoms with van der Waals surface area (Å²) in [6.07, 6.45) is -2.72. The van der Waals surface area contributed by atoms with Crippen LogP contribution in [0.15, 0.2) is 34.7 Å². The van der Waals surface area contributed by atoms with Crippen LogP contribution in [0.5, 0.6) is 0 Å². The first kappa shape index (κ1) is 18.4. The molecule has 0 saturated carbocycles. The lowest BCUT2D eigenvalue weighted by Gasteiger charge is -2.13. The molecule has 132 valence electrons. The number of anilines is 1. The Morgan fingerprint density at radius 2 is 1.88 bits per heavy atom. The van der Waals surface area contributed by atoms with E-state index in [2.05, 4.69) is 5.10 Å². The molecule has 1 aromatic carbocycles. The molecule has 3 aromatic rings. The van der Waals surface area contributed by atoms with E-state index in [4.69, 9.17) is 28.9 Å². The third-order valence-corrected chi connectivity index (χ3v) is 5.54. The van der Waals surface area contributed by atoms with E-state index in [1.54, 1.807) is 0 Å². The molecule has 0 spiro atoms. The molecule has 2 aromatic heterocycles. The smallest absolute Gasteiger partial charge is 0.383 e. The van der Waals surface area contributed by atoms with Crippen LogP contribution in [0.4, 0.5) is 19.0 Å². The van der Waals surface area contributed by atoms with Crippen molar-refractivity contribution >= 4 is 52.1 Å². The molecule has 3 rings (SSSR count). The Bertz CT molecular complexity index is 898. The zero-order chi connectivity index (χ0) is 18.4. The van der Waals surface area contributed by atoms with Crippen molar-refractivity contribution in [3.63, 3.8) is 0 Å². The average molecular weight is 424 g/mol. The van der Waals surface area contributed by atoms with Crippen molar-refractivity contribution in [2.45, 2.75) is 11.2 Å². The number of alkyl halides is 3. The van der Waals surface area contributed by atoms with Crippen molar-refractivity contribution in [2.75, 3.05) is 12.0 Å². The molecule has 10 heteroatoms. The molecule has 0 aliphatic carbocycles. The van der Waals surface area contributed by atoms with Gasteiger partial charge in [0.2, 0.25) is 0 Å². The molecule has 0 bridgehead atoms. The van der Waals surface area contributed by atoms with Gasteiger partial charge in [-0.3, -0.25) is 0 Å². The molecule has 2 N–H and O–H groups in total. The number of nitrogens with zero attached hydrogens (tertiary/aromatic N) is 2. The minimum absolute atomic E-state index is 0.118. The minimum Gasteiger partial charge on any atom is -0.383 e. The molecule has 0 amide bonds. The number of nitrogen functional groups attached to an aromatic ring is 1. The summed E-state index contributed by atoms with van der Waals surface area (Å²) in [7, 11) is 0. The zero-order valence-electron chi connectivity index (χ0n) is 12.6. The van der Waals surface area contributed by atoms with Crippen molar-refractivity contribution in [1.82, 2.24) is 9.78 Å². The maximum Gasteiger partial charge on any atom is 0.416 e. The van der Waals surface area contributed by atoms with Crippen LogP contribution in [0.3, 0.4) is 0 Å². The number of rotatable bonds is 3. The van der Waals surface area contributed by atoms with Gasteiger partial charge in [0.1, 0.15) is 16.5 Å². The number of aromatic nitrogens is 2. The summed E-state index contributed by atoms with van der Waals surface area (Å²) in [4.78, 5) is 0.896. The lowest BCUT2D eigenvalue weighted by atomic mass is 10.2. The predicted octanol–water partition coefficient (Wildman–Crippen LogP) is 6.23. The number of thioether (sulfide) groups is 1. The van der Waals surface area contributed by atoms with Crippen LogP contribution < -0.4 is 5.73 Å². The monoisotopic (exact) mass is 423 g/mol. The second-order valence-electron chi connectivity index (χ2n) is 4.94. The fourth-order valence-electron chi connectivity index (χ4n) is 2.31. The van der Waals surface area contributed by atoms with E-state index < -0.39 is 11.7 Å². The Balaban J connectivity index is 2.22. The maximum atomic E-state index is 12.9. The summed E-state index contributed by atoms with van der Waals surface area (Å²) < 4.78 is 40.0. The van der Waals surface area contributed by atoms with Crippen LogP contribution in [0.25, 0.3) is 16.1 Å². The van der Waals surface area contributed by atoms with Gasteiger partial charge < -0.3 is 5.73 Å². The number of benzene rings is 1. The van der Waals surface area contributed by atoms with Gasteiger partial charge in [-0.15, -0.1) is 23.1 Å². The fourth-order valence-corrected chi connectivity index (χ4v) is 4.38. The van der Waals surface area contributed by atoms with Gasteiger partial charge in [-0.25, -0.2) is 4.68 Å². The lowest BCUT2D eigenvalue weighted by Crippen LogP contribution is -2.08. The van der Waals surface area contributed by atoms with Gasteiger partial charge in [0.15, 0.2) is 0 Å². The topological polar surface area (TPSA) is 43.8 Å². The van der Waals surface area contributed by atoms with Crippen LogP contribution >= 0.6 is 46.3 Å². The van der Waals surface area contributed by atoms with Crippen molar-refractivity contribution < 1.29 is 13.2 Å². The molecule has 0 fully saturated rings. The summed E-state index contributed by atoms with van der Waals surface area (Å²) in [6, 6.07) is 5.39. The molecule has 3 nitrogen and oxygen atoms in total. The normalized spacial score (nSPS) is 11.9.